The molecule has 4 aromatic carbocycles. The minimum atomic E-state index is 0.00808. The van der Waals surface area contributed by atoms with E-state index in [-0.39, 0.29) is 11.1 Å². The van der Waals surface area contributed by atoms with Crippen LogP contribution in [0.3, 0.4) is 0 Å². The molecule has 0 aliphatic carbocycles. The quantitative estimate of drug-likeness (QED) is 0.325. The third-order valence-corrected chi connectivity index (χ3v) is 7.72. The number of benzene rings is 4. The topological polar surface area (TPSA) is 121 Å². The molecular formula is C24H6N6S2. The maximum Gasteiger partial charge on any atom is 0.165 e. The Balaban J connectivity index is 1.84. The molecule has 144 valence electrons. The van der Waals surface area contributed by atoms with Gasteiger partial charge < -0.3 is 0 Å². The summed E-state index contributed by atoms with van der Waals surface area (Å²) < 4.78 is 2.70. The monoisotopic (exact) mass is 442 g/mol. The van der Waals surface area contributed by atoms with E-state index in [0.717, 1.165) is 52.8 Å². The molecule has 0 radical (unpaired) electrons. The van der Waals surface area contributed by atoms with Crippen molar-refractivity contribution in [1.82, 2.24) is 9.97 Å². The Labute approximate surface area is 187 Å². The number of fused-ring (bicyclic) bond motifs is 4. The third kappa shape index (κ3) is 2.28. The molecule has 0 atom stereocenters. The van der Waals surface area contributed by atoms with E-state index in [1.807, 2.05) is 60.7 Å². The zero-order chi connectivity index (χ0) is 22.0. The van der Waals surface area contributed by atoms with Crippen molar-refractivity contribution in [3.05, 3.63) is 45.7 Å². The molecule has 6 rings (SSSR count). The molecule has 0 amide bonds. The summed E-state index contributed by atoms with van der Waals surface area (Å²) in [6, 6.07) is 19.8. The summed E-state index contributed by atoms with van der Waals surface area (Å²) in [6.07, 6.45) is 0. The van der Waals surface area contributed by atoms with Crippen molar-refractivity contribution < 1.29 is 0 Å². The minimum absolute atomic E-state index is 0.00808. The number of nitriles is 4. The molecule has 0 saturated heterocycles. The average molecular weight is 442 g/mol. The van der Waals surface area contributed by atoms with Crippen LogP contribution in [0.25, 0.3) is 63.9 Å². The normalized spacial score (nSPS) is 11.0. The highest BCUT2D eigenvalue weighted by Crippen LogP contribution is 2.41. The molecule has 0 aliphatic heterocycles. The predicted molar refractivity (Wildman–Crippen MR) is 125 cm³/mol. The molecule has 0 fully saturated rings. The molecule has 8 heteroatoms. The summed E-state index contributed by atoms with van der Waals surface area (Å²) in [5, 5.41) is 43.2. The van der Waals surface area contributed by atoms with E-state index in [9.17, 15) is 21.0 Å². The van der Waals surface area contributed by atoms with E-state index in [2.05, 4.69) is 9.97 Å². The van der Waals surface area contributed by atoms with Crippen LogP contribution in [-0.2, 0) is 0 Å². The van der Waals surface area contributed by atoms with Crippen molar-refractivity contribution in [2.45, 2.75) is 0 Å². The highest BCUT2D eigenvalue weighted by atomic mass is 32.1. The van der Waals surface area contributed by atoms with Gasteiger partial charge in [0.1, 0.15) is 33.6 Å². The first-order chi connectivity index (χ1) is 15.7. The van der Waals surface area contributed by atoms with Crippen LogP contribution < -0.4 is 9.33 Å². The van der Waals surface area contributed by atoms with Gasteiger partial charge in [0.2, 0.25) is 0 Å². The SMILES string of the molecule is N#CC(C#N)=c1nc2cc3ccc4cc5nc(=C(C#N)C#N)sc5c5ccc(c2s1)c3c45. The van der Waals surface area contributed by atoms with Gasteiger partial charge in [-0.15, -0.1) is 22.7 Å². The van der Waals surface area contributed by atoms with Crippen molar-refractivity contribution in [2.75, 3.05) is 0 Å². The Hall–Kier alpha value is -4.60. The lowest BCUT2D eigenvalue weighted by Crippen LogP contribution is -2.00. The molecule has 0 saturated carbocycles. The van der Waals surface area contributed by atoms with E-state index < -0.39 is 0 Å². The molecule has 6 aromatic rings. The lowest BCUT2D eigenvalue weighted by atomic mass is 9.94. The summed E-state index contributed by atoms with van der Waals surface area (Å²) in [7, 11) is 0. The van der Waals surface area contributed by atoms with Crippen molar-refractivity contribution in [3.63, 3.8) is 0 Å². The summed E-state index contributed by atoms with van der Waals surface area (Å²) in [6.45, 7) is 0. The van der Waals surface area contributed by atoms with Gasteiger partial charge in [0, 0.05) is 10.8 Å². The second kappa shape index (κ2) is 6.45. The minimum Gasteiger partial charge on any atom is -0.234 e. The Morgan fingerprint density at radius 3 is 1.41 bits per heavy atom. The summed E-state index contributed by atoms with van der Waals surface area (Å²) in [4.78, 5) is 9.07. The highest BCUT2D eigenvalue weighted by molar-refractivity contribution is 7.18. The van der Waals surface area contributed by atoms with Crippen LogP contribution in [0.15, 0.2) is 36.4 Å². The molecule has 2 heterocycles. The van der Waals surface area contributed by atoms with E-state index in [1.54, 1.807) is 0 Å². The van der Waals surface area contributed by atoms with Crippen molar-refractivity contribution in [2.24, 2.45) is 0 Å². The van der Waals surface area contributed by atoms with Crippen molar-refractivity contribution in [1.29, 1.82) is 21.0 Å². The van der Waals surface area contributed by atoms with E-state index in [4.69, 9.17) is 0 Å². The fourth-order valence-corrected chi connectivity index (χ4v) is 6.20. The van der Waals surface area contributed by atoms with Crippen LogP contribution in [0.5, 0.6) is 0 Å². The van der Waals surface area contributed by atoms with Gasteiger partial charge in [0.05, 0.1) is 20.4 Å². The second-order valence-electron chi connectivity index (χ2n) is 7.11. The van der Waals surface area contributed by atoms with Gasteiger partial charge in [0.25, 0.3) is 0 Å². The van der Waals surface area contributed by atoms with E-state index in [0.29, 0.717) is 9.33 Å². The lowest BCUT2D eigenvalue weighted by Gasteiger charge is -2.11. The van der Waals surface area contributed by atoms with Crippen LogP contribution in [-0.4, -0.2) is 9.97 Å². The molecule has 0 aliphatic rings. The van der Waals surface area contributed by atoms with Crippen LogP contribution in [0, 0.1) is 45.3 Å². The van der Waals surface area contributed by atoms with E-state index in [1.165, 1.54) is 22.7 Å². The fraction of sp³-hybridized carbons (Fsp3) is 0. The molecule has 2 aromatic heterocycles. The summed E-state index contributed by atoms with van der Waals surface area (Å²) >= 11 is 2.69. The van der Waals surface area contributed by atoms with Gasteiger partial charge in [-0.1, -0.05) is 24.3 Å². The number of nitrogens with zero attached hydrogens (tertiary/aromatic N) is 6. The summed E-state index contributed by atoms with van der Waals surface area (Å²) in [5.41, 5.74) is 1.53. The number of thiazole rings is 2. The van der Waals surface area contributed by atoms with Gasteiger partial charge in [-0.3, -0.25) is 0 Å². The zero-order valence-corrected chi connectivity index (χ0v) is 17.6. The molecule has 0 bridgehead atoms. The maximum atomic E-state index is 9.24. The molecular weight excluding hydrogens is 436 g/mol. The van der Waals surface area contributed by atoms with E-state index >= 15 is 0 Å². The smallest absolute Gasteiger partial charge is 0.165 e. The first-order valence-corrected chi connectivity index (χ1v) is 11.0. The molecule has 0 unspecified atom stereocenters. The Kier molecular flexibility index (Phi) is 3.66. The fourth-order valence-electron chi connectivity index (χ4n) is 4.16. The second-order valence-corrected chi connectivity index (χ2v) is 9.11. The number of hydrogen-bond donors (Lipinski definition) is 0. The summed E-state index contributed by atoms with van der Waals surface area (Å²) in [5.74, 6) is 0. The number of aromatic nitrogens is 2. The van der Waals surface area contributed by atoms with Crippen LogP contribution in [0.1, 0.15) is 0 Å². The Bertz CT molecular complexity index is 1900. The molecule has 32 heavy (non-hydrogen) atoms. The van der Waals surface area contributed by atoms with Crippen molar-refractivity contribution >= 4 is 86.6 Å². The number of rotatable bonds is 0. The Morgan fingerprint density at radius 2 is 1.03 bits per heavy atom. The van der Waals surface area contributed by atoms with Gasteiger partial charge in [-0.25, -0.2) is 9.97 Å². The average Bonchev–Trinajstić information content (AvgIpc) is 3.42. The number of hydrogen-bond acceptors (Lipinski definition) is 8. The largest absolute Gasteiger partial charge is 0.234 e. The van der Waals surface area contributed by atoms with Gasteiger partial charge in [-0.05, 0) is 33.7 Å². The maximum absolute atomic E-state index is 9.24. The van der Waals surface area contributed by atoms with Crippen LogP contribution in [0.2, 0.25) is 0 Å². The van der Waals surface area contributed by atoms with Gasteiger partial charge in [0.15, 0.2) is 11.1 Å². The first-order valence-electron chi connectivity index (χ1n) is 9.33. The standard InChI is InChI=1S/C24H6N6S2/c25-7-13(8-26)23-29-17-5-11-1-2-12-6-18-22(32-24(30-18)14(9-27)10-28)16-4-3-15(21(17)31-23)19(11)20(12)16/h1-6H. The predicted octanol–water partition coefficient (Wildman–Crippen LogP) is 4.20. The van der Waals surface area contributed by atoms with Crippen molar-refractivity contribution in [3.8, 4) is 24.3 Å². The van der Waals surface area contributed by atoms with Gasteiger partial charge >= 0.3 is 0 Å². The van der Waals surface area contributed by atoms with Crippen LogP contribution in [0.4, 0.5) is 0 Å². The Morgan fingerprint density at radius 1 is 0.625 bits per heavy atom. The third-order valence-electron chi connectivity index (χ3n) is 5.48. The molecule has 0 N–H and O–H groups in total. The molecule has 0 spiro atoms. The highest BCUT2D eigenvalue weighted by Gasteiger charge is 2.17. The zero-order valence-electron chi connectivity index (χ0n) is 16.0. The molecule has 6 nitrogen and oxygen atoms in total. The van der Waals surface area contributed by atoms with Gasteiger partial charge in [-0.2, -0.15) is 21.0 Å². The van der Waals surface area contributed by atoms with Crippen LogP contribution >= 0.6 is 22.7 Å². The lowest BCUT2D eigenvalue weighted by molar-refractivity contribution is 1.40. The first kappa shape index (κ1) is 18.2.